The summed E-state index contributed by atoms with van der Waals surface area (Å²) in [6, 6.07) is 0.650. The van der Waals surface area contributed by atoms with Gasteiger partial charge in [-0.05, 0) is 40.2 Å². The highest BCUT2D eigenvalue weighted by molar-refractivity contribution is 5.85. The smallest absolute Gasteiger partial charge is 0.239 e. The Labute approximate surface area is 123 Å². The molecule has 4 nitrogen and oxygen atoms in total. The molecule has 0 bridgehead atoms. The van der Waals surface area contributed by atoms with Crippen LogP contribution in [-0.2, 0) is 4.79 Å². The van der Waals surface area contributed by atoms with Crippen LogP contribution in [0.2, 0.25) is 0 Å². The molecule has 110 valence electrons. The molecule has 1 unspecified atom stereocenters. The van der Waals surface area contributed by atoms with Gasteiger partial charge < -0.3 is 11.1 Å². The van der Waals surface area contributed by atoms with Crippen LogP contribution in [0.4, 0.5) is 0 Å². The summed E-state index contributed by atoms with van der Waals surface area (Å²) in [5, 5.41) is 2.88. The molecule has 0 aromatic heterocycles. The van der Waals surface area contributed by atoms with E-state index in [0.29, 0.717) is 12.6 Å². The first kappa shape index (κ1) is 20.3. The van der Waals surface area contributed by atoms with Crippen LogP contribution < -0.4 is 11.1 Å². The Hall–Kier alpha value is -0.0300. The summed E-state index contributed by atoms with van der Waals surface area (Å²) in [5.41, 5.74) is 4.93. The number of rotatable bonds is 4. The summed E-state index contributed by atoms with van der Waals surface area (Å²) in [7, 11) is 0. The second-order valence-electron chi connectivity index (χ2n) is 5.36. The Morgan fingerprint density at radius 1 is 1.39 bits per heavy atom. The van der Waals surface area contributed by atoms with Crippen molar-refractivity contribution < 1.29 is 4.79 Å². The maximum absolute atomic E-state index is 11.5. The summed E-state index contributed by atoms with van der Waals surface area (Å²) in [6.45, 7) is 8.50. The van der Waals surface area contributed by atoms with Crippen LogP contribution in [0.3, 0.4) is 0 Å². The van der Waals surface area contributed by atoms with E-state index in [0.717, 1.165) is 13.1 Å². The molecule has 1 saturated heterocycles. The topological polar surface area (TPSA) is 58.4 Å². The zero-order valence-electron chi connectivity index (χ0n) is 11.6. The van der Waals surface area contributed by atoms with E-state index in [1.165, 1.54) is 19.3 Å². The van der Waals surface area contributed by atoms with E-state index in [-0.39, 0.29) is 30.7 Å². The zero-order chi connectivity index (χ0) is 12.2. The molecule has 0 aliphatic carbocycles. The van der Waals surface area contributed by atoms with Gasteiger partial charge in [0.15, 0.2) is 0 Å². The molecule has 1 amide bonds. The number of carbonyl (C=O) groups is 1. The van der Waals surface area contributed by atoms with Crippen molar-refractivity contribution in [3.63, 3.8) is 0 Å². The quantitative estimate of drug-likeness (QED) is 0.828. The maximum atomic E-state index is 11.5. The van der Waals surface area contributed by atoms with Gasteiger partial charge in [-0.25, -0.2) is 0 Å². The van der Waals surface area contributed by atoms with Gasteiger partial charge in [-0.2, -0.15) is 0 Å². The van der Waals surface area contributed by atoms with Crippen LogP contribution in [0, 0.1) is 0 Å². The van der Waals surface area contributed by atoms with Crippen molar-refractivity contribution in [1.29, 1.82) is 0 Å². The van der Waals surface area contributed by atoms with E-state index in [9.17, 15) is 4.79 Å². The van der Waals surface area contributed by atoms with Gasteiger partial charge in [-0.15, -0.1) is 24.8 Å². The molecule has 1 heterocycles. The summed E-state index contributed by atoms with van der Waals surface area (Å²) < 4.78 is 0. The van der Waals surface area contributed by atoms with Gasteiger partial charge in [0.05, 0.1) is 5.54 Å². The van der Waals surface area contributed by atoms with Crippen LogP contribution in [-0.4, -0.2) is 42.0 Å². The maximum Gasteiger partial charge on any atom is 0.239 e. The molecule has 1 aliphatic heterocycles. The fourth-order valence-electron chi connectivity index (χ4n) is 2.03. The summed E-state index contributed by atoms with van der Waals surface area (Å²) in [5.74, 6) is -0.0721. The van der Waals surface area contributed by atoms with Crippen molar-refractivity contribution in [2.45, 2.75) is 51.6 Å². The Balaban J connectivity index is 0. The van der Waals surface area contributed by atoms with Crippen molar-refractivity contribution in [1.82, 2.24) is 10.2 Å². The molecule has 0 spiro atoms. The molecule has 6 heteroatoms. The standard InChI is InChI=1S/C12H25N3O.2ClH/c1-10-6-4-5-8-15(10)9-7-14-11(16)12(2,3)13;;/h10H,4-9,13H2,1-3H3,(H,14,16);2*1H. The number of amides is 1. The number of nitrogens with zero attached hydrogens (tertiary/aromatic N) is 1. The van der Waals surface area contributed by atoms with Crippen LogP contribution in [0.5, 0.6) is 0 Å². The second-order valence-corrected chi connectivity index (χ2v) is 5.36. The number of halogens is 2. The second kappa shape index (κ2) is 8.97. The number of hydrogen-bond acceptors (Lipinski definition) is 3. The molecule has 0 aromatic carbocycles. The van der Waals surface area contributed by atoms with Gasteiger partial charge >= 0.3 is 0 Å². The average Bonchev–Trinajstić information content (AvgIpc) is 2.19. The number of hydrogen-bond donors (Lipinski definition) is 2. The molecular weight excluding hydrogens is 273 g/mol. The average molecular weight is 300 g/mol. The van der Waals surface area contributed by atoms with Gasteiger partial charge in [-0.3, -0.25) is 9.69 Å². The number of piperidine rings is 1. The predicted molar refractivity (Wildman–Crippen MR) is 80.7 cm³/mol. The summed E-state index contributed by atoms with van der Waals surface area (Å²) >= 11 is 0. The van der Waals surface area contributed by atoms with Gasteiger partial charge in [0.1, 0.15) is 0 Å². The van der Waals surface area contributed by atoms with E-state index in [4.69, 9.17) is 5.73 Å². The lowest BCUT2D eigenvalue weighted by molar-refractivity contribution is -0.125. The summed E-state index contributed by atoms with van der Waals surface area (Å²) in [6.07, 6.45) is 3.89. The Kier molecular flexibility index (Phi) is 10.1. The highest BCUT2D eigenvalue weighted by Gasteiger charge is 2.22. The van der Waals surface area contributed by atoms with E-state index in [2.05, 4.69) is 17.1 Å². The van der Waals surface area contributed by atoms with Crippen LogP contribution >= 0.6 is 24.8 Å². The zero-order valence-corrected chi connectivity index (χ0v) is 13.2. The van der Waals surface area contributed by atoms with Crippen molar-refractivity contribution in [2.75, 3.05) is 19.6 Å². The van der Waals surface area contributed by atoms with E-state index < -0.39 is 5.54 Å². The lowest BCUT2D eigenvalue weighted by Crippen LogP contribution is -2.51. The first-order valence-electron chi connectivity index (χ1n) is 6.22. The first-order chi connectivity index (χ1) is 7.41. The van der Waals surface area contributed by atoms with E-state index in [1.807, 2.05) is 0 Å². The highest BCUT2D eigenvalue weighted by atomic mass is 35.5. The number of nitrogens with one attached hydrogen (secondary N) is 1. The SMILES string of the molecule is CC1CCCCN1CCNC(=O)C(C)(C)N.Cl.Cl. The summed E-state index contributed by atoms with van der Waals surface area (Å²) in [4.78, 5) is 14.0. The Bertz CT molecular complexity index is 244. The minimum atomic E-state index is -0.770. The largest absolute Gasteiger partial charge is 0.353 e. The number of likely N-dealkylation sites (tertiary alicyclic amines) is 1. The minimum Gasteiger partial charge on any atom is -0.353 e. The minimum absolute atomic E-state index is 0. The molecule has 0 saturated carbocycles. The van der Waals surface area contributed by atoms with Gasteiger partial charge in [0.2, 0.25) is 5.91 Å². The molecule has 1 atom stereocenters. The van der Waals surface area contributed by atoms with Gasteiger partial charge in [0, 0.05) is 19.1 Å². The number of carbonyl (C=O) groups excluding carboxylic acids is 1. The molecule has 18 heavy (non-hydrogen) atoms. The third-order valence-corrected chi connectivity index (χ3v) is 3.21. The Morgan fingerprint density at radius 2 is 2.00 bits per heavy atom. The van der Waals surface area contributed by atoms with Crippen LogP contribution in [0.15, 0.2) is 0 Å². The van der Waals surface area contributed by atoms with Crippen LogP contribution in [0.25, 0.3) is 0 Å². The fraction of sp³-hybridized carbons (Fsp3) is 0.917. The van der Waals surface area contributed by atoms with E-state index in [1.54, 1.807) is 13.8 Å². The third-order valence-electron chi connectivity index (χ3n) is 3.21. The normalized spacial score (nSPS) is 20.6. The number of nitrogens with two attached hydrogens (primary N) is 1. The van der Waals surface area contributed by atoms with Crippen molar-refractivity contribution in [3.05, 3.63) is 0 Å². The Morgan fingerprint density at radius 3 is 2.50 bits per heavy atom. The molecule has 1 aliphatic rings. The lowest BCUT2D eigenvalue weighted by atomic mass is 10.0. The molecule has 3 N–H and O–H groups in total. The molecule has 1 rings (SSSR count). The monoisotopic (exact) mass is 299 g/mol. The highest BCUT2D eigenvalue weighted by Crippen LogP contribution is 2.15. The molecule has 0 radical (unpaired) electrons. The van der Waals surface area contributed by atoms with Crippen LogP contribution in [0.1, 0.15) is 40.0 Å². The lowest BCUT2D eigenvalue weighted by Gasteiger charge is -2.33. The van der Waals surface area contributed by atoms with Gasteiger partial charge in [-0.1, -0.05) is 6.42 Å². The third kappa shape index (κ3) is 6.78. The predicted octanol–water partition coefficient (Wildman–Crippen LogP) is 1.56. The molecule has 0 aromatic rings. The molecule has 1 fully saturated rings. The van der Waals surface area contributed by atoms with Gasteiger partial charge in [0.25, 0.3) is 0 Å². The fourth-order valence-corrected chi connectivity index (χ4v) is 2.03. The first-order valence-corrected chi connectivity index (χ1v) is 6.22. The van der Waals surface area contributed by atoms with Crippen molar-refractivity contribution in [3.8, 4) is 0 Å². The molecular formula is C12H27Cl2N3O. The van der Waals surface area contributed by atoms with E-state index >= 15 is 0 Å². The van der Waals surface area contributed by atoms with Crippen molar-refractivity contribution >= 4 is 30.7 Å². The van der Waals surface area contributed by atoms with Crippen molar-refractivity contribution in [2.24, 2.45) is 5.73 Å².